The molecule has 28 heavy (non-hydrogen) atoms. The molecule has 4 nitrogen and oxygen atoms in total. The second-order valence-electron chi connectivity index (χ2n) is 9.51. The van der Waals surface area contributed by atoms with Crippen molar-refractivity contribution in [3.05, 3.63) is 28.0 Å². The Kier molecular flexibility index (Phi) is 7.70. The van der Waals surface area contributed by atoms with Crippen molar-refractivity contribution in [2.75, 3.05) is 13.7 Å². The van der Waals surface area contributed by atoms with E-state index in [1.807, 2.05) is 12.1 Å². The van der Waals surface area contributed by atoms with Crippen LogP contribution in [-0.4, -0.2) is 39.2 Å². The van der Waals surface area contributed by atoms with Gasteiger partial charge < -0.3 is 14.3 Å². The SMILES string of the molecule is COC(=O)c1ccc(C=CCC2[C@@H](CO[Si](C)(C)C(C)(C)C)[C@H](C)C[C@@H]2O)s1. The molecular weight excluding hydrogens is 388 g/mol. The molecule has 0 spiro atoms. The minimum atomic E-state index is -1.79. The Morgan fingerprint density at radius 2 is 2.00 bits per heavy atom. The zero-order valence-corrected chi connectivity index (χ0v) is 20.1. The van der Waals surface area contributed by atoms with Crippen molar-refractivity contribution in [3.8, 4) is 0 Å². The minimum absolute atomic E-state index is 0.194. The highest BCUT2D eigenvalue weighted by atomic mass is 32.1. The maximum atomic E-state index is 11.6. The van der Waals surface area contributed by atoms with Crippen LogP contribution in [0.1, 0.15) is 55.1 Å². The van der Waals surface area contributed by atoms with Crippen LogP contribution in [0.2, 0.25) is 18.1 Å². The molecule has 0 saturated heterocycles. The summed E-state index contributed by atoms with van der Waals surface area (Å²) in [6.45, 7) is 14.3. The summed E-state index contributed by atoms with van der Waals surface area (Å²) < 4.78 is 11.2. The fraction of sp³-hybridized carbons (Fsp3) is 0.682. The van der Waals surface area contributed by atoms with Gasteiger partial charge >= 0.3 is 5.97 Å². The van der Waals surface area contributed by atoms with E-state index in [9.17, 15) is 9.90 Å². The number of aliphatic hydroxyl groups excluding tert-OH is 1. The van der Waals surface area contributed by atoms with Crippen LogP contribution in [0, 0.1) is 17.8 Å². The molecule has 1 fully saturated rings. The van der Waals surface area contributed by atoms with Gasteiger partial charge in [0.05, 0.1) is 13.2 Å². The van der Waals surface area contributed by atoms with Gasteiger partial charge in [0.25, 0.3) is 0 Å². The predicted molar refractivity (Wildman–Crippen MR) is 119 cm³/mol. The van der Waals surface area contributed by atoms with E-state index >= 15 is 0 Å². The molecule has 0 bridgehead atoms. The van der Waals surface area contributed by atoms with Crippen LogP contribution in [0.15, 0.2) is 18.2 Å². The third kappa shape index (κ3) is 5.56. The summed E-state index contributed by atoms with van der Waals surface area (Å²) in [7, 11) is -0.396. The summed E-state index contributed by atoms with van der Waals surface area (Å²) in [6.07, 6.45) is 5.55. The monoisotopic (exact) mass is 424 g/mol. The first kappa shape index (κ1) is 23.3. The van der Waals surface area contributed by atoms with Gasteiger partial charge in [-0.1, -0.05) is 33.8 Å². The van der Waals surface area contributed by atoms with E-state index in [1.54, 1.807) is 6.07 Å². The van der Waals surface area contributed by atoms with Gasteiger partial charge in [0.15, 0.2) is 8.32 Å². The van der Waals surface area contributed by atoms with Gasteiger partial charge in [-0.05, 0) is 66.9 Å². The number of ether oxygens (including phenoxy) is 1. The first-order valence-electron chi connectivity index (χ1n) is 10.1. The molecule has 0 amide bonds. The van der Waals surface area contributed by atoms with E-state index in [0.717, 1.165) is 24.3 Å². The maximum Gasteiger partial charge on any atom is 0.348 e. The quantitative estimate of drug-likeness (QED) is 0.458. The van der Waals surface area contributed by atoms with Crippen LogP contribution in [0.5, 0.6) is 0 Å². The number of methoxy groups -OCH3 is 1. The molecule has 1 unspecified atom stereocenters. The lowest BCUT2D eigenvalue weighted by Gasteiger charge is -2.38. The molecule has 1 heterocycles. The van der Waals surface area contributed by atoms with Gasteiger partial charge in [-0.25, -0.2) is 4.79 Å². The standard InChI is InChI=1S/C22H36O4SSi/c1-15-13-19(23)17(18(15)14-26-28(6,7)22(2,3)4)10-8-9-16-11-12-20(27-16)21(24)25-5/h8-9,11-12,15,17-19,23H,10,13-14H2,1-7H3/t15-,17?,18+,19+/m1/s1. The van der Waals surface area contributed by atoms with Crippen molar-refractivity contribution < 1.29 is 19.1 Å². The number of thiophene rings is 1. The molecule has 1 N–H and O–H groups in total. The molecule has 0 aromatic carbocycles. The topological polar surface area (TPSA) is 55.8 Å². The molecule has 1 aromatic heterocycles. The average Bonchev–Trinajstić information content (AvgIpc) is 3.16. The molecule has 158 valence electrons. The number of hydrogen-bond acceptors (Lipinski definition) is 5. The van der Waals surface area contributed by atoms with E-state index in [2.05, 4.69) is 46.9 Å². The molecule has 1 aliphatic carbocycles. The molecule has 1 aliphatic rings. The van der Waals surface area contributed by atoms with Crippen LogP contribution >= 0.6 is 11.3 Å². The maximum absolute atomic E-state index is 11.6. The summed E-state index contributed by atoms with van der Waals surface area (Å²) in [5, 5.41) is 10.8. The van der Waals surface area contributed by atoms with E-state index < -0.39 is 8.32 Å². The molecule has 1 saturated carbocycles. The lowest BCUT2D eigenvalue weighted by atomic mass is 9.88. The van der Waals surface area contributed by atoms with Gasteiger partial charge in [0.2, 0.25) is 0 Å². The highest BCUT2D eigenvalue weighted by Gasteiger charge is 2.43. The molecule has 1 aromatic rings. The van der Waals surface area contributed by atoms with Crippen LogP contribution in [0.25, 0.3) is 6.08 Å². The molecule has 0 radical (unpaired) electrons. The molecular formula is C22H36O4SSi. The van der Waals surface area contributed by atoms with Crippen molar-refractivity contribution in [2.45, 2.75) is 64.8 Å². The van der Waals surface area contributed by atoms with E-state index in [4.69, 9.17) is 9.16 Å². The second-order valence-corrected chi connectivity index (χ2v) is 15.4. The van der Waals surface area contributed by atoms with Crippen molar-refractivity contribution in [1.82, 2.24) is 0 Å². The van der Waals surface area contributed by atoms with E-state index in [1.165, 1.54) is 18.4 Å². The van der Waals surface area contributed by atoms with Gasteiger partial charge in [-0.15, -0.1) is 11.3 Å². The minimum Gasteiger partial charge on any atom is -0.465 e. The number of allylic oxidation sites excluding steroid dienone is 1. The molecule has 4 atom stereocenters. The van der Waals surface area contributed by atoms with E-state index in [0.29, 0.717) is 16.7 Å². The average molecular weight is 425 g/mol. The Bertz CT molecular complexity index is 689. The Balaban J connectivity index is 2.00. The largest absolute Gasteiger partial charge is 0.465 e. The number of hydrogen-bond donors (Lipinski definition) is 1. The molecule has 0 aliphatic heterocycles. The van der Waals surface area contributed by atoms with E-state index in [-0.39, 0.29) is 23.0 Å². The Morgan fingerprint density at radius 3 is 2.61 bits per heavy atom. The van der Waals surface area contributed by atoms with Crippen LogP contribution in [0.3, 0.4) is 0 Å². The summed E-state index contributed by atoms with van der Waals surface area (Å²) in [5.41, 5.74) is 0. The van der Waals surface area contributed by atoms with Crippen molar-refractivity contribution in [3.63, 3.8) is 0 Å². The lowest BCUT2D eigenvalue weighted by molar-refractivity contribution is 0.0606. The number of rotatable bonds is 7. The van der Waals surface area contributed by atoms with Crippen molar-refractivity contribution >= 4 is 31.7 Å². The molecule has 2 rings (SSSR count). The Morgan fingerprint density at radius 1 is 1.32 bits per heavy atom. The fourth-order valence-corrected chi connectivity index (χ4v) is 5.47. The van der Waals surface area contributed by atoms with Crippen molar-refractivity contribution in [1.29, 1.82) is 0 Å². The Hall–Kier alpha value is -0.953. The van der Waals surface area contributed by atoms with Gasteiger partial charge in [0.1, 0.15) is 4.88 Å². The van der Waals surface area contributed by atoms with Crippen LogP contribution < -0.4 is 0 Å². The summed E-state index contributed by atoms with van der Waals surface area (Å²) in [5.74, 6) is 0.761. The lowest BCUT2D eigenvalue weighted by Crippen LogP contribution is -2.42. The first-order valence-corrected chi connectivity index (χ1v) is 13.9. The molecule has 6 heteroatoms. The predicted octanol–water partition coefficient (Wildman–Crippen LogP) is 5.59. The highest BCUT2D eigenvalue weighted by molar-refractivity contribution is 7.14. The normalized spacial score (nSPS) is 26.1. The fourth-order valence-electron chi connectivity index (χ4n) is 3.57. The Labute approximate surface area is 175 Å². The third-order valence-electron chi connectivity index (χ3n) is 6.53. The summed E-state index contributed by atoms with van der Waals surface area (Å²) >= 11 is 1.42. The van der Waals surface area contributed by atoms with Gasteiger partial charge in [0, 0.05) is 11.5 Å². The number of carbonyl (C=O) groups is 1. The van der Waals surface area contributed by atoms with Gasteiger partial charge in [-0.2, -0.15) is 0 Å². The smallest absolute Gasteiger partial charge is 0.348 e. The highest BCUT2D eigenvalue weighted by Crippen LogP contribution is 2.42. The zero-order chi connectivity index (χ0) is 21.1. The second kappa shape index (κ2) is 9.24. The third-order valence-corrected chi connectivity index (χ3v) is 12.1. The van der Waals surface area contributed by atoms with Gasteiger partial charge in [-0.3, -0.25) is 0 Å². The number of esters is 1. The summed E-state index contributed by atoms with van der Waals surface area (Å²) in [4.78, 5) is 13.2. The zero-order valence-electron chi connectivity index (χ0n) is 18.3. The van der Waals surface area contributed by atoms with Crippen molar-refractivity contribution in [2.24, 2.45) is 17.8 Å². The van der Waals surface area contributed by atoms with Crippen LogP contribution in [0.4, 0.5) is 0 Å². The van der Waals surface area contributed by atoms with Crippen LogP contribution in [-0.2, 0) is 9.16 Å². The number of carbonyl (C=O) groups excluding carboxylic acids is 1. The number of aliphatic hydroxyl groups is 1. The summed E-state index contributed by atoms with van der Waals surface area (Å²) in [6, 6.07) is 3.72. The first-order chi connectivity index (χ1) is 13.0.